The summed E-state index contributed by atoms with van der Waals surface area (Å²) in [5, 5.41) is 9.19. The number of carboxylic acid groups (broad SMARTS) is 1. The molecule has 98 valence electrons. The first-order chi connectivity index (χ1) is 9.20. The van der Waals surface area contributed by atoms with Crippen molar-refractivity contribution in [3.63, 3.8) is 0 Å². The first-order valence-corrected chi connectivity index (χ1v) is 6.75. The van der Waals surface area contributed by atoms with Gasteiger partial charge in [0.25, 0.3) is 0 Å². The third-order valence-electron chi connectivity index (χ3n) is 3.91. The monoisotopic (exact) mass is 255 g/mol. The third-order valence-corrected chi connectivity index (χ3v) is 3.91. The maximum absolute atomic E-state index is 11.2. The first kappa shape index (κ1) is 12.0. The average molecular weight is 255 g/mol. The molecule has 0 aliphatic heterocycles. The molecule has 1 aromatic carbocycles. The van der Waals surface area contributed by atoms with Gasteiger partial charge >= 0.3 is 5.97 Å². The van der Waals surface area contributed by atoms with E-state index in [-0.39, 0.29) is 0 Å². The topological polar surface area (TPSA) is 42.2 Å². The third kappa shape index (κ3) is 1.95. The van der Waals surface area contributed by atoms with Gasteiger partial charge in [0, 0.05) is 12.2 Å². The number of aromatic nitrogens is 1. The Labute approximate surface area is 112 Å². The first-order valence-electron chi connectivity index (χ1n) is 6.75. The summed E-state index contributed by atoms with van der Waals surface area (Å²) in [6.07, 6.45) is 3.54. The number of hydrogen-bond donors (Lipinski definition) is 1. The molecular formula is C16H17NO2. The molecule has 0 amide bonds. The average Bonchev–Trinajstić information content (AvgIpc) is 3.03. The Hall–Kier alpha value is -2.03. The molecule has 2 aromatic rings. The van der Waals surface area contributed by atoms with Gasteiger partial charge in [0.05, 0.1) is 0 Å². The van der Waals surface area contributed by atoms with E-state index in [2.05, 4.69) is 18.2 Å². The van der Waals surface area contributed by atoms with Gasteiger partial charge in [-0.1, -0.05) is 12.1 Å². The highest BCUT2D eigenvalue weighted by molar-refractivity contribution is 5.87. The molecule has 0 spiro atoms. The lowest BCUT2D eigenvalue weighted by molar-refractivity contribution is 0.0685. The van der Waals surface area contributed by atoms with E-state index in [9.17, 15) is 9.90 Å². The minimum atomic E-state index is -0.866. The van der Waals surface area contributed by atoms with Gasteiger partial charge in [-0.15, -0.1) is 0 Å². The normalized spacial score (nSPS) is 13.5. The predicted molar refractivity (Wildman–Crippen MR) is 74.5 cm³/mol. The van der Waals surface area contributed by atoms with Crippen molar-refractivity contribution in [2.75, 3.05) is 0 Å². The molecular weight excluding hydrogens is 238 g/mol. The summed E-state index contributed by atoms with van der Waals surface area (Å²) in [6, 6.07) is 10.1. The second-order valence-electron chi connectivity index (χ2n) is 4.99. The van der Waals surface area contributed by atoms with Crippen molar-refractivity contribution in [2.24, 2.45) is 0 Å². The van der Waals surface area contributed by atoms with E-state index in [1.54, 1.807) is 6.07 Å². The molecule has 1 N–H and O–H groups in total. The smallest absolute Gasteiger partial charge is 0.352 e. The molecule has 0 unspecified atom stereocenters. The number of carboxylic acids is 1. The van der Waals surface area contributed by atoms with Crippen molar-refractivity contribution in [3.05, 3.63) is 47.2 Å². The minimum absolute atomic E-state index is 0.359. The summed E-state index contributed by atoms with van der Waals surface area (Å²) >= 11 is 0. The Morgan fingerprint density at radius 1 is 1.21 bits per heavy atom. The summed E-state index contributed by atoms with van der Waals surface area (Å²) in [4.78, 5) is 11.2. The number of rotatable bonds is 3. The highest BCUT2D eigenvalue weighted by atomic mass is 16.4. The lowest BCUT2D eigenvalue weighted by Gasteiger charge is -2.10. The zero-order chi connectivity index (χ0) is 13.4. The van der Waals surface area contributed by atoms with E-state index >= 15 is 0 Å². The second kappa shape index (κ2) is 4.57. The fraction of sp³-hybridized carbons (Fsp3) is 0.312. The van der Waals surface area contributed by atoms with Crippen LogP contribution in [0.25, 0.3) is 11.3 Å². The van der Waals surface area contributed by atoms with Crippen molar-refractivity contribution in [1.29, 1.82) is 0 Å². The molecule has 0 saturated carbocycles. The van der Waals surface area contributed by atoms with E-state index in [0.717, 1.165) is 17.7 Å². The molecule has 0 radical (unpaired) electrons. The summed E-state index contributed by atoms with van der Waals surface area (Å²) in [7, 11) is 0. The van der Waals surface area contributed by atoms with Gasteiger partial charge in [-0.3, -0.25) is 0 Å². The molecule has 3 nitrogen and oxygen atoms in total. The van der Waals surface area contributed by atoms with Gasteiger partial charge in [-0.2, -0.15) is 0 Å². The molecule has 1 aromatic heterocycles. The number of aromatic carboxylic acids is 1. The van der Waals surface area contributed by atoms with E-state index < -0.39 is 5.97 Å². The van der Waals surface area contributed by atoms with Gasteiger partial charge in [0.2, 0.25) is 0 Å². The molecule has 1 heterocycles. The summed E-state index contributed by atoms with van der Waals surface area (Å²) in [5.41, 5.74) is 5.33. The van der Waals surface area contributed by atoms with Crippen LogP contribution in [0.1, 0.15) is 35.0 Å². The van der Waals surface area contributed by atoms with Crippen LogP contribution in [0.3, 0.4) is 0 Å². The van der Waals surface area contributed by atoms with E-state index in [1.807, 2.05) is 17.6 Å². The van der Waals surface area contributed by atoms with E-state index in [0.29, 0.717) is 12.2 Å². The van der Waals surface area contributed by atoms with Crippen molar-refractivity contribution >= 4 is 5.97 Å². The molecule has 1 aliphatic rings. The molecule has 19 heavy (non-hydrogen) atoms. The summed E-state index contributed by atoms with van der Waals surface area (Å²) in [6.45, 7) is 2.64. The van der Waals surface area contributed by atoms with Crippen LogP contribution in [0.15, 0.2) is 30.3 Å². The van der Waals surface area contributed by atoms with Gasteiger partial charge in [0.1, 0.15) is 5.69 Å². The fourth-order valence-electron chi connectivity index (χ4n) is 2.98. The Kier molecular flexibility index (Phi) is 2.90. The van der Waals surface area contributed by atoms with Gasteiger partial charge in [-0.05, 0) is 61.1 Å². The molecule has 3 heteroatoms. The summed E-state index contributed by atoms with van der Waals surface area (Å²) < 4.78 is 1.86. The zero-order valence-electron chi connectivity index (χ0n) is 11.0. The molecule has 1 aliphatic carbocycles. The Bertz CT molecular complexity index is 640. The van der Waals surface area contributed by atoms with Crippen molar-refractivity contribution in [3.8, 4) is 11.3 Å². The Morgan fingerprint density at radius 2 is 2.00 bits per heavy atom. The number of hydrogen-bond acceptors (Lipinski definition) is 1. The molecule has 0 atom stereocenters. The number of nitrogens with zero attached hydrogens (tertiary/aromatic N) is 1. The van der Waals surface area contributed by atoms with Crippen LogP contribution in [-0.4, -0.2) is 15.6 Å². The standard InChI is InChI=1S/C16H17NO2/c1-2-17-14(8-9-15(17)16(18)19)13-7-6-11-4-3-5-12(11)10-13/h6-10H,2-5H2,1H3,(H,18,19). The Balaban J connectivity index is 2.09. The van der Waals surface area contributed by atoms with Crippen LogP contribution in [0.2, 0.25) is 0 Å². The Morgan fingerprint density at radius 3 is 2.74 bits per heavy atom. The predicted octanol–water partition coefficient (Wildman–Crippen LogP) is 3.36. The molecule has 0 bridgehead atoms. The maximum atomic E-state index is 11.2. The number of carbonyl (C=O) groups is 1. The lowest BCUT2D eigenvalue weighted by atomic mass is 10.0. The van der Waals surface area contributed by atoms with Crippen LogP contribution in [-0.2, 0) is 19.4 Å². The fourth-order valence-corrected chi connectivity index (χ4v) is 2.98. The SMILES string of the molecule is CCn1c(C(=O)O)ccc1-c1ccc2c(c1)CCC2. The highest BCUT2D eigenvalue weighted by Gasteiger charge is 2.16. The van der Waals surface area contributed by atoms with Crippen molar-refractivity contribution in [2.45, 2.75) is 32.7 Å². The van der Waals surface area contributed by atoms with Crippen LogP contribution in [0, 0.1) is 0 Å². The van der Waals surface area contributed by atoms with Crippen LogP contribution < -0.4 is 0 Å². The van der Waals surface area contributed by atoms with Crippen LogP contribution in [0.4, 0.5) is 0 Å². The van der Waals surface area contributed by atoms with Gasteiger partial charge in [0.15, 0.2) is 0 Å². The molecule has 3 rings (SSSR count). The molecule has 0 fully saturated rings. The minimum Gasteiger partial charge on any atom is -0.477 e. The number of fused-ring (bicyclic) bond motifs is 1. The van der Waals surface area contributed by atoms with Gasteiger partial charge < -0.3 is 9.67 Å². The number of benzene rings is 1. The second-order valence-corrected chi connectivity index (χ2v) is 4.99. The van der Waals surface area contributed by atoms with Crippen LogP contribution >= 0.6 is 0 Å². The highest BCUT2D eigenvalue weighted by Crippen LogP contribution is 2.29. The van der Waals surface area contributed by atoms with Crippen molar-refractivity contribution < 1.29 is 9.90 Å². The zero-order valence-corrected chi connectivity index (χ0v) is 11.0. The van der Waals surface area contributed by atoms with Gasteiger partial charge in [-0.25, -0.2) is 4.79 Å². The maximum Gasteiger partial charge on any atom is 0.352 e. The summed E-state index contributed by atoms with van der Waals surface area (Å²) in [5.74, 6) is -0.866. The van der Waals surface area contributed by atoms with E-state index in [4.69, 9.17) is 0 Å². The largest absolute Gasteiger partial charge is 0.477 e. The molecule has 0 saturated heterocycles. The quantitative estimate of drug-likeness (QED) is 0.913. The lowest BCUT2D eigenvalue weighted by Crippen LogP contribution is -2.08. The van der Waals surface area contributed by atoms with E-state index in [1.165, 1.54) is 24.0 Å². The number of aryl methyl sites for hydroxylation is 2. The van der Waals surface area contributed by atoms with Crippen LogP contribution in [0.5, 0.6) is 0 Å². The van der Waals surface area contributed by atoms with Crippen molar-refractivity contribution in [1.82, 2.24) is 4.57 Å².